The summed E-state index contributed by atoms with van der Waals surface area (Å²) in [4.78, 5) is 4.11. The zero-order valence-electron chi connectivity index (χ0n) is 8.49. The first-order valence-corrected chi connectivity index (χ1v) is 5.67. The Morgan fingerprint density at radius 2 is 2.27 bits per heavy atom. The fraction of sp³-hybridized carbons (Fsp3) is 0.545. The molecule has 0 saturated carbocycles. The fourth-order valence-corrected chi connectivity index (χ4v) is 1.73. The van der Waals surface area contributed by atoms with Gasteiger partial charge in [-0.25, -0.2) is 0 Å². The van der Waals surface area contributed by atoms with Gasteiger partial charge in [0, 0.05) is 25.1 Å². The van der Waals surface area contributed by atoms with Crippen LogP contribution in [-0.4, -0.2) is 24.3 Å². The smallest absolute Gasteiger partial charge is 0.123 e. The molecule has 4 heteroatoms. The maximum Gasteiger partial charge on any atom is 0.123 e. The van der Waals surface area contributed by atoms with Gasteiger partial charge in [0.05, 0.1) is 24.8 Å². The molecule has 2 heterocycles. The Morgan fingerprint density at radius 3 is 3.00 bits per heavy atom. The van der Waals surface area contributed by atoms with Crippen LogP contribution in [0.3, 0.4) is 0 Å². The Morgan fingerprint density at radius 1 is 1.47 bits per heavy atom. The molecule has 1 aliphatic rings. The van der Waals surface area contributed by atoms with Crippen molar-refractivity contribution in [2.24, 2.45) is 0 Å². The average molecular weight is 228 g/mol. The van der Waals surface area contributed by atoms with Crippen molar-refractivity contribution in [1.82, 2.24) is 4.98 Å². The van der Waals surface area contributed by atoms with Gasteiger partial charge in [-0.05, 0) is 6.07 Å². The minimum atomic E-state index is 0.268. The molecule has 1 aromatic rings. The molecule has 0 unspecified atom stereocenters. The quantitative estimate of drug-likeness (QED) is 0.743. The Bertz CT molecular complexity index is 313. The van der Waals surface area contributed by atoms with E-state index in [0.29, 0.717) is 5.88 Å². The molecule has 1 fully saturated rings. The lowest BCUT2D eigenvalue weighted by Gasteiger charge is -2.23. The summed E-state index contributed by atoms with van der Waals surface area (Å²) in [6.07, 6.45) is 3.91. The highest BCUT2D eigenvalue weighted by Gasteiger charge is 2.15. The molecule has 0 amide bonds. The van der Waals surface area contributed by atoms with Crippen molar-refractivity contribution in [2.75, 3.05) is 13.2 Å². The second-order valence-electron chi connectivity index (χ2n) is 3.55. The van der Waals surface area contributed by atoms with E-state index in [4.69, 9.17) is 21.1 Å². The lowest BCUT2D eigenvalue weighted by molar-refractivity contribution is 0.0255. The van der Waals surface area contributed by atoms with Crippen LogP contribution < -0.4 is 4.74 Å². The fourth-order valence-electron chi connectivity index (χ4n) is 1.59. The SMILES string of the molecule is ClCc1cc(OC2CCOCC2)ccn1. The summed E-state index contributed by atoms with van der Waals surface area (Å²) in [6, 6.07) is 3.76. The number of ether oxygens (including phenoxy) is 2. The molecular weight excluding hydrogens is 214 g/mol. The van der Waals surface area contributed by atoms with Crippen molar-refractivity contribution in [1.29, 1.82) is 0 Å². The molecule has 1 saturated heterocycles. The normalized spacial score (nSPS) is 17.7. The summed E-state index contributed by atoms with van der Waals surface area (Å²) in [5.41, 5.74) is 0.848. The van der Waals surface area contributed by atoms with Gasteiger partial charge in [-0.15, -0.1) is 11.6 Å². The standard InChI is InChI=1S/C11H14ClNO2/c12-8-9-7-11(1-4-13-9)15-10-2-5-14-6-3-10/h1,4,7,10H,2-3,5-6,8H2. The molecule has 0 bridgehead atoms. The number of aromatic nitrogens is 1. The van der Waals surface area contributed by atoms with Crippen molar-refractivity contribution in [3.05, 3.63) is 24.0 Å². The predicted molar refractivity (Wildman–Crippen MR) is 58.3 cm³/mol. The molecule has 0 spiro atoms. The van der Waals surface area contributed by atoms with E-state index in [0.717, 1.165) is 37.5 Å². The van der Waals surface area contributed by atoms with Gasteiger partial charge in [0.15, 0.2) is 0 Å². The minimum Gasteiger partial charge on any atom is -0.490 e. The third kappa shape index (κ3) is 3.08. The van der Waals surface area contributed by atoms with Crippen molar-refractivity contribution >= 4 is 11.6 Å². The molecule has 15 heavy (non-hydrogen) atoms. The van der Waals surface area contributed by atoms with Gasteiger partial charge in [-0.1, -0.05) is 0 Å². The molecule has 1 aromatic heterocycles. The van der Waals surface area contributed by atoms with Crippen LogP contribution in [0.1, 0.15) is 18.5 Å². The van der Waals surface area contributed by atoms with Crippen LogP contribution in [0.25, 0.3) is 0 Å². The first-order valence-electron chi connectivity index (χ1n) is 5.14. The van der Waals surface area contributed by atoms with E-state index in [2.05, 4.69) is 4.98 Å². The summed E-state index contributed by atoms with van der Waals surface area (Å²) in [7, 11) is 0. The van der Waals surface area contributed by atoms with E-state index in [1.54, 1.807) is 6.20 Å². The Hall–Kier alpha value is -0.800. The molecule has 0 atom stereocenters. The van der Waals surface area contributed by atoms with Crippen LogP contribution in [-0.2, 0) is 10.6 Å². The lowest BCUT2D eigenvalue weighted by atomic mass is 10.1. The molecule has 0 aromatic carbocycles. The summed E-state index contributed by atoms with van der Waals surface area (Å²) in [6.45, 7) is 1.58. The lowest BCUT2D eigenvalue weighted by Crippen LogP contribution is -2.25. The number of rotatable bonds is 3. The van der Waals surface area contributed by atoms with Crippen molar-refractivity contribution in [2.45, 2.75) is 24.8 Å². The molecule has 2 rings (SSSR count). The highest BCUT2D eigenvalue weighted by Crippen LogP contribution is 2.18. The Balaban J connectivity index is 1.96. The molecule has 1 aliphatic heterocycles. The second-order valence-corrected chi connectivity index (χ2v) is 3.81. The number of hydrogen-bond acceptors (Lipinski definition) is 3. The van der Waals surface area contributed by atoms with Crippen LogP contribution in [0.15, 0.2) is 18.3 Å². The van der Waals surface area contributed by atoms with Gasteiger partial charge in [0.2, 0.25) is 0 Å². The average Bonchev–Trinajstić information content (AvgIpc) is 2.31. The number of hydrogen-bond donors (Lipinski definition) is 0. The topological polar surface area (TPSA) is 31.4 Å². The van der Waals surface area contributed by atoms with Crippen molar-refractivity contribution < 1.29 is 9.47 Å². The van der Waals surface area contributed by atoms with E-state index in [1.165, 1.54) is 0 Å². The predicted octanol–water partition coefficient (Wildman–Crippen LogP) is 2.38. The Labute approximate surface area is 94.4 Å². The molecule has 0 N–H and O–H groups in total. The van der Waals surface area contributed by atoms with E-state index in [9.17, 15) is 0 Å². The van der Waals surface area contributed by atoms with E-state index < -0.39 is 0 Å². The highest BCUT2D eigenvalue weighted by atomic mass is 35.5. The number of halogens is 1. The Kier molecular flexibility index (Phi) is 3.80. The van der Waals surface area contributed by atoms with Gasteiger partial charge in [-0.3, -0.25) is 4.98 Å². The number of nitrogens with zero attached hydrogens (tertiary/aromatic N) is 1. The highest BCUT2D eigenvalue weighted by molar-refractivity contribution is 6.16. The number of alkyl halides is 1. The van der Waals surface area contributed by atoms with Crippen LogP contribution in [0, 0.1) is 0 Å². The largest absolute Gasteiger partial charge is 0.490 e. The van der Waals surface area contributed by atoms with Crippen LogP contribution >= 0.6 is 11.6 Å². The third-order valence-electron chi connectivity index (χ3n) is 2.40. The molecular formula is C11H14ClNO2. The van der Waals surface area contributed by atoms with E-state index >= 15 is 0 Å². The first kappa shape index (κ1) is 10.7. The zero-order valence-corrected chi connectivity index (χ0v) is 9.24. The third-order valence-corrected chi connectivity index (χ3v) is 2.67. The second kappa shape index (κ2) is 5.33. The van der Waals surface area contributed by atoms with E-state index in [-0.39, 0.29) is 6.10 Å². The maximum absolute atomic E-state index is 5.82. The summed E-state index contributed by atoms with van der Waals surface area (Å²) < 4.78 is 11.1. The van der Waals surface area contributed by atoms with Gasteiger partial charge >= 0.3 is 0 Å². The first-order chi connectivity index (χ1) is 7.38. The molecule has 0 radical (unpaired) electrons. The molecule has 0 aliphatic carbocycles. The van der Waals surface area contributed by atoms with E-state index in [1.807, 2.05) is 12.1 Å². The van der Waals surface area contributed by atoms with Gasteiger partial charge < -0.3 is 9.47 Å². The zero-order chi connectivity index (χ0) is 10.5. The van der Waals surface area contributed by atoms with Crippen molar-refractivity contribution in [3.8, 4) is 5.75 Å². The summed E-state index contributed by atoms with van der Waals surface area (Å²) in [5.74, 6) is 1.28. The van der Waals surface area contributed by atoms with Crippen LogP contribution in [0.2, 0.25) is 0 Å². The van der Waals surface area contributed by atoms with Crippen molar-refractivity contribution in [3.63, 3.8) is 0 Å². The maximum atomic E-state index is 5.82. The van der Waals surface area contributed by atoms with Crippen LogP contribution in [0.5, 0.6) is 5.75 Å². The minimum absolute atomic E-state index is 0.268. The number of pyridine rings is 1. The van der Waals surface area contributed by atoms with Crippen LogP contribution in [0.4, 0.5) is 0 Å². The molecule has 82 valence electrons. The molecule has 3 nitrogen and oxygen atoms in total. The van der Waals surface area contributed by atoms with Gasteiger partial charge in [-0.2, -0.15) is 0 Å². The monoisotopic (exact) mass is 227 g/mol. The summed E-state index contributed by atoms with van der Waals surface area (Å²) in [5, 5.41) is 0. The van der Waals surface area contributed by atoms with Gasteiger partial charge in [0.25, 0.3) is 0 Å². The summed E-state index contributed by atoms with van der Waals surface area (Å²) >= 11 is 5.70. The van der Waals surface area contributed by atoms with Gasteiger partial charge in [0.1, 0.15) is 11.9 Å².